The number of likely N-dealkylation sites (N-methyl/N-ethyl adjacent to an activating group) is 1. The minimum absolute atomic E-state index is 0.0105. The number of nitrogens with one attached hydrogen (secondary N) is 1. The number of rotatable bonds is 5. The highest BCUT2D eigenvalue weighted by molar-refractivity contribution is 7.15. The number of carbonyl (C=O) groups is 3. The predicted molar refractivity (Wildman–Crippen MR) is 71.5 cm³/mol. The summed E-state index contributed by atoms with van der Waals surface area (Å²) in [6.07, 6.45) is 0. The Hall–Kier alpha value is -1.89. The Morgan fingerprint density at radius 1 is 1.32 bits per heavy atom. The van der Waals surface area contributed by atoms with Crippen LogP contribution in [0.25, 0.3) is 0 Å². The second-order valence-electron chi connectivity index (χ2n) is 4.35. The number of carboxylic acid groups (broad SMARTS) is 1. The van der Waals surface area contributed by atoms with Gasteiger partial charge in [-0.05, 0) is 26.0 Å². The van der Waals surface area contributed by atoms with Crippen molar-refractivity contribution in [3.63, 3.8) is 0 Å². The van der Waals surface area contributed by atoms with Crippen LogP contribution in [0.15, 0.2) is 12.1 Å². The highest BCUT2D eigenvalue weighted by Gasteiger charge is 2.18. The zero-order valence-corrected chi connectivity index (χ0v) is 11.8. The first-order valence-corrected chi connectivity index (χ1v) is 6.51. The van der Waals surface area contributed by atoms with Crippen LogP contribution in [0.3, 0.4) is 0 Å². The molecule has 104 valence electrons. The summed E-state index contributed by atoms with van der Waals surface area (Å²) in [4.78, 5) is 35.9. The first-order chi connectivity index (χ1) is 8.81. The minimum Gasteiger partial charge on any atom is -0.477 e. The molecule has 2 amide bonds. The van der Waals surface area contributed by atoms with Gasteiger partial charge in [0.05, 0.1) is 11.4 Å². The highest BCUT2D eigenvalue weighted by atomic mass is 32.1. The molecule has 1 rings (SSSR count). The molecule has 0 aliphatic heterocycles. The normalized spacial score (nSPS) is 10.3. The van der Waals surface area contributed by atoms with E-state index in [1.807, 2.05) is 13.8 Å². The molecule has 0 fully saturated rings. The SMILES string of the molecule is CC(C)NC(=O)CN(C)C(=O)c1ccc(C(=O)O)s1. The van der Waals surface area contributed by atoms with Gasteiger partial charge in [0, 0.05) is 13.1 Å². The monoisotopic (exact) mass is 284 g/mol. The van der Waals surface area contributed by atoms with Crippen molar-refractivity contribution in [1.82, 2.24) is 10.2 Å². The Labute approximate surface area is 115 Å². The largest absolute Gasteiger partial charge is 0.477 e. The zero-order chi connectivity index (χ0) is 14.6. The Morgan fingerprint density at radius 2 is 1.89 bits per heavy atom. The molecule has 1 heterocycles. The fraction of sp³-hybridized carbons (Fsp3) is 0.417. The topological polar surface area (TPSA) is 86.7 Å². The molecule has 1 aromatic rings. The molecule has 6 nitrogen and oxygen atoms in total. The number of aromatic carboxylic acids is 1. The third-order valence-electron chi connectivity index (χ3n) is 2.20. The summed E-state index contributed by atoms with van der Waals surface area (Å²) in [6, 6.07) is 2.84. The highest BCUT2D eigenvalue weighted by Crippen LogP contribution is 2.17. The molecule has 7 heteroatoms. The number of carboxylic acids is 1. The number of thiophene rings is 1. The van der Waals surface area contributed by atoms with E-state index in [2.05, 4.69) is 5.32 Å². The number of hydrogen-bond acceptors (Lipinski definition) is 4. The molecule has 0 spiro atoms. The Morgan fingerprint density at radius 3 is 2.37 bits per heavy atom. The second kappa shape index (κ2) is 6.33. The van der Waals surface area contributed by atoms with Crippen molar-refractivity contribution in [3.8, 4) is 0 Å². The third-order valence-corrected chi connectivity index (χ3v) is 3.27. The molecule has 19 heavy (non-hydrogen) atoms. The van der Waals surface area contributed by atoms with Crippen LogP contribution < -0.4 is 5.32 Å². The van der Waals surface area contributed by atoms with E-state index in [0.29, 0.717) is 4.88 Å². The van der Waals surface area contributed by atoms with E-state index in [-0.39, 0.29) is 29.3 Å². The first kappa shape index (κ1) is 15.2. The average Bonchev–Trinajstić information content (AvgIpc) is 2.75. The lowest BCUT2D eigenvalue weighted by Gasteiger charge is -2.17. The second-order valence-corrected chi connectivity index (χ2v) is 5.44. The number of carbonyl (C=O) groups excluding carboxylic acids is 2. The standard InChI is InChI=1S/C12H16N2O4S/c1-7(2)13-10(15)6-14(3)11(16)8-4-5-9(19-8)12(17)18/h4-5,7H,6H2,1-3H3,(H,13,15)(H,17,18). The smallest absolute Gasteiger partial charge is 0.345 e. The maximum Gasteiger partial charge on any atom is 0.345 e. The summed E-state index contributed by atoms with van der Waals surface area (Å²) in [5, 5.41) is 11.5. The van der Waals surface area contributed by atoms with Crippen LogP contribution in [0.4, 0.5) is 0 Å². The molecule has 0 saturated carbocycles. The first-order valence-electron chi connectivity index (χ1n) is 5.69. The molecule has 1 aromatic heterocycles. The fourth-order valence-corrected chi connectivity index (χ4v) is 2.25. The van der Waals surface area contributed by atoms with Gasteiger partial charge in [-0.2, -0.15) is 0 Å². The van der Waals surface area contributed by atoms with E-state index in [9.17, 15) is 14.4 Å². The van der Waals surface area contributed by atoms with Crippen LogP contribution in [0.5, 0.6) is 0 Å². The van der Waals surface area contributed by atoms with Gasteiger partial charge in [0.2, 0.25) is 5.91 Å². The summed E-state index contributed by atoms with van der Waals surface area (Å²) in [5.41, 5.74) is 0. The van der Waals surface area contributed by atoms with Crippen molar-refractivity contribution in [2.24, 2.45) is 0 Å². The molecule has 0 radical (unpaired) electrons. The summed E-state index contributed by atoms with van der Waals surface area (Å²) >= 11 is 0.896. The van der Waals surface area contributed by atoms with Crippen LogP contribution in [0.2, 0.25) is 0 Å². The van der Waals surface area contributed by atoms with Crippen LogP contribution in [0, 0.1) is 0 Å². The lowest BCUT2D eigenvalue weighted by Crippen LogP contribution is -2.40. The van der Waals surface area contributed by atoms with Crippen molar-refractivity contribution >= 4 is 29.1 Å². The molecule has 0 aliphatic carbocycles. The van der Waals surface area contributed by atoms with Crippen molar-refractivity contribution in [2.75, 3.05) is 13.6 Å². The van der Waals surface area contributed by atoms with Gasteiger partial charge in [0.25, 0.3) is 5.91 Å². The zero-order valence-electron chi connectivity index (χ0n) is 11.0. The predicted octanol–water partition coefficient (Wildman–Crippen LogP) is 1.04. The van der Waals surface area contributed by atoms with Gasteiger partial charge < -0.3 is 15.3 Å². The molecular formula is C12H16N2O4S. The Bertz CT molecular complexity index is 496. The van der Waals surface area contributed by atoms with Gasteiger partial charge in [0.1, 0.15) is 4.88 Å². The Kier molecular flexibility index (Phi) is 5.05. The van der Waals surface area contributed by atoms with Crippen LogP contribution >= 0.6 is 11.3 Å². The van der Waals surface area contributed by atoms with E-state index in [1.54, 1.807) is 0 Å². The lowest BCUT2D eigenvalue weighted by atomic mass is 10.3. The summed E-state index contributed by atoms with van der Waals surface area (Å²) in [5.74, 6) is -1.68. The van der Waals surface area contributed by atoms with E-state index in [4.69, 9.17) is 5.11 Å². The van der Waals surface area contributed by atoms with Gasteiger partial charge >= 0.3 is 5.97 Å². The molecule has 2 N–H and O–H groups in total. The molecule has 0 saturated heterocycles. The molecule has 0 bridgehead atoms. The number of amides is 2. The van der Waals surface area contributed by atoms with E-state index in [0.717, 1.165) is 11.3 Å². The van der Waals surface area contributed by atoms with E-state index >= 15 is 0 Å². The van der Waals surface area contributed by atoms with Crippen molar-refractivity contribution in [2.45, 2.75) is 19.9 Å². The van der Waals surface area contributed by atoms with Crippen molar-refractivity contribution in [3.05, 3.63) is 21.9 Å². The van der Waals surface area contributed by atoms with Crippen molar-refractivity contribution < 1.29 is 19.5 Å². The van der Waals surface area contributed by atoms with E-state index < -0.39 is 5.97 Å². The maximum absolute atomic E-state index is 12.0. The van der Waals surface area contributed by atoms with Gasteiger partial charge in [-0.25, -0.2) is 4.79 Å². The summed E-state index contributed by atoms with van der Waals surface area (Å²) in [6.45, 7) is 3.60. The fourth-order valence-electron chi connectivity index (χ4n) is 1.41. The summed E-state index contributed by atoms with van der Waals surface area (Å²) < 4.78 is 0. The van der Waals surface area contributed by atoms with Gasteiger partial charge in [0.15, 0.2) is 0 Å². The number of nitrogens with zero attached hydrogens (tertiary/aromatic N) is 1. The minimum atomic E-state index is -1.07. The summed E-state index contributed by atoms with van der Waals surface area (Å²) in [7, 11) is 1.50. The van der Waals surface area contributed by atoms with Crippen LogP contribution in [-0.2, 0) is 4.79 Å². The maximum atomic E-state index is 12.0. The van der Waals surface area contributed by atoms with Gasteiger partial charge in [-0.3, -0.25) is 9.59 Å². The van der Waals surface area contributed by atoms with Crippen LogP contribution in [-0.4, -0.2) is 47.4 Å². The van der Waals surface area contributed by atoms with Crippen LogP contribution in [0.1, 0.15) is 33.2 Å². The molecule has 0 unspecified atom stereocenters. The average molecular weight is 284 g/mol. The molecule has 0 aromatic carbocycles. The molecule has 0 atom stereocenters. The van der Waals surface area contributed by atoms with Gasteiger partial charge in [-0.15, -0.1) is 11.3 Å². The molecule has 0 aliphatic rings. The number of hydrogen-bond donors (Lipinski definition) is 2. The molecular weight excluding hydrogens is 268 g/mol. The van der Waals surface area contributed by atoms with Gasteiger partial charge in [-0.1, -0.05) is 0 Å². The third kappa shape index (κ3) is 4.36. The Balaban J connectivity index is 2.66. The van der Waals surface area contributed by atoms with Crippen molar-refractivity contribution in [1.29, 1.82) is 0 Å². The lowest BCUT2D eigenvalue weighted by molar-refractivity contribution is -0.122. The van der Waals surface area contributed by atoms with E-state index in [1.165, 1.54) is 24.1 Å². The quantitative estimate of drug-likeness (QED) is 0.846.